The molecular formula is C20H19BrN4O4S3. The van der Waals surface area contributed by atoms with Gasteiger partial charge in [0.2, 0.25) is 0 Å². The number of hydrogen-bond donors (Lipinski definition) is 3. The van der Waals surface area contributed by atoms with Crippen LogP contribution < -0.4 is 20.1 Å². The van der Waals surface area contributed by atoms with Crippen molar-refractivity contribution < 1.29 is 17.9 Å². The molecule has 0 fully saturated rings. The lowest BCUT2D eigenvalue weighted by atomic mass is 10.2. The number of amides is 1. The highest BCUT2D eigenvalue weighted by Gasteiger charge is 2.15. The van der Waals surface area contributed by atoms with Crippen molar-refractivity contribution in [3.05, 3.63) is 64.1 Å². The molecule has 0 bridgehead atoms. The van der Waals surface area contributed by atoms with E-state index < -0.39 is 15.9 Å². The van der Waals surface area contributed by atoms with Gasteiger partial charge in [-0.3, -0.25) is 14.8 Å². The highest BCUT2D eigenvalue weighted by molar-refractivity contribution is 9.10. The molecule has 168 valence electrons. The molecule has 3 rings (SSSR count). The topological polar surface area (TPSA) is 109 Å². The Bertz CT molecular complexity index is 1200. The second-order valence-corrected chi connectivity index (χ2v) is 10.2. The van der Waals surface area contributed by atoms with Crippen LogP contribution in [0.1, 0.15) is 12.5 Å². The van der Waals surface area contributed by atoms with Gasteiger partial charge < -0.3 is 10.1 Å². The molecule has 0 saturated heterocycles. The van der Waals surface area contributed by atoms with Crippen molar-refractivity contribution in [1.82, 2.24) is 10.3 Å². The Labute approximate surface area is 203 Å². The Morgan fingerprint density at radius 1 is 1.22 bits per heavy atom. The lowest BCUT2D eigenvalue weighted by molar-refractivity contribution is -0.121. The van der Waals surface area contributed by atoms with E-state index >= 15 is 0 Å². The first-order valence-corrected chi connectivity index (χ1v) is 12.9. The summed E-state index contributed by atoms with van der Waals surface area (Å²) in [5, 5.41) is 7.37. The van der Waals surface area contributed by atoms with Crippen LogP contribution in [0.4, 0.5) is 10.8 Å². The number of thiazole rings is 1. The Hall–Kier alpha value is -2.54. The number of ether oxygens (including phenoxy) is 1. The summed E-state index contributed by atoms with van der Waals surface area (Å²) in [7, 11) is -3.74. The van der Waals surface area contributed by atoms with Crippen molar-refractivity contribution in [1.29, 1.82) is 0 Å². The van der Waals surface area contributed by atoms with Crippen LogP contribution >= 0.6 is 39.5 Å². The zero-order valence-electron chi connectivity index (χ0n) is 16.8. The van der Waals surface area contributed by atoms with Gasteiger partial charge in [0.25, 0.3) is 15.9 Å². The summed E-state index contributed by atoms with van der Waals surface area (Å²) in [6, 6.07) is 11.6. The first-order chi connectivity index (χ1) is 15.3. The van der Waals surface area contributed by atoms with Crippen molar-refractivity contribution in [2.45, 2.75) is 18.2 Å². The molecule has 3 aromatic rings. The van der Waals surface area contributed by atoms with E-state index in [0.29, 0.717) is 11.4 Å². The monoisotopic (exact) mass is 554 g/mol. The minimum absolute atomic E-state index is 0.0653. The fraction of sp³-hybridized carbons (Fsp3) is 0.150. The van der Waals surface area contributed by atoms with Gasteiger partial charge in [-0.2, -0.15) is 0 Å². The normalized spacial score (nSPS) is 10.9. The molecule has 2 aromatic carbocycles. The first-order valence-electron chi connectivity index (χ1n) is 9.31. The number of anilines is 2. The minimum atomic E-state index is -3.74. The smallest absolute Gasteiger partial charge is 0.264 e. The van der Waals surface area contributed by atoms with E-state index in [1.807, 2.05) is 12.1 Å². The maximum atomic E-state index is 12.4. The molecule has 0 unspecified atom stereocenters. The Balaban J connectivity index is 1.50. The van der Waals surface area contributed by atoms with Crippen molar-refractivity contribution in [2.75, 3.05) is 16.6 Å². The average Bonchev–Trinajstić information content (AvgIpc) is 3.25. The molecule has 3 N–H and O–H groups in total. The third-order valence-electron chi connectivity index (χ3n) is 4.09. The molecule has 0 spiro atoms. The molecule has 0 saturated carbocycles. The van der Waals surface area contributed by atoms with Crippen LogP contribution in [-0.4, -0.2) is 31.0 Å². The van der Waals surface area contributed by atoms with E-state index in [-0.39, 0.29) is 21.7 Å². The van der Waals surface area contributed by atoms with E-state index in [9.17, 15) is 13.2 Å². The molecule has 32 heavy (non-hydrogen) atoms. The molecule has 0 atom stereocenters. The molecule has 0 aliphatic heterocycles. The summed E-state index contributed by atoms with van der Waals surface area (Å²) in [5.41, 5.74) is 1.67. The van der Waals surface area contributed by atoms with Crippen molar-refractivity contribution >= 4 is 71.3 Å². The van der Waals surface area contributed by atoms with Crippen LogP contribution in [0.25, 0.3) is 0 Å². The van der Waals surface area contributed by atoms with E-state index in [2.05, 4.69) is 43.2 Å². The predicted molar refractivity (Wildman–Crippen MR) is 133 cm³/mol. The van der Waals surface area contributed by atoms with E-state index in [0.717, 1.165) is 16.5 Å². The third kappa shape index (κ3) is 6.73. The number of thiocarbonyl (C=S) groups is 1. The number of aromatic nitrogens is 1. The Morgan fingerprint density at radius 2 is 1.97 bits per heavy atom. The Kier molecular flexibility index (Phi) is 8.18. The SMILES string of the molecule is CCc1ccc(OCC(=O)NC(=S)Nc2ccc(S(=O)(=O)Nc3nccs3)cc2)c(Br)c1. The fourth-order valence-corrected chi connectivity index (χ4v) is 5.08. The largest absolute Gasteiger partial charge is 0.483 e. The summed E-state index contributed by atoms with van der Waals surface area (Å²) in [6.07, 6.45) is 2.41. The summed E-state index contributed by atoms with van der Waals surface area (Å²) in [5.74, 6) is 0.125. The lowest BCUT2D eigenvalue weighted by Gasteiger charge is -2.12. The summed E-state index contributed by atoms with van der Waals surface area (Å²) in [6.45, 7) is 1.83. The molecule has 1 amide bonds. The van der Waals surface area contributed by atoms with Crippen molar-refractivity contribution in [3.63, 3.8) is 0 Å². The molecular weight excluding hydrogens is 536 g/mol. The van der Waals surface area contributed by atoms with Gasteiger partial charge in [-0.15, -0.1) is 11.3 Å². The van der Waals surface area contributed by atoms with Gasteiger partial charge in [-0.05, 0) is 76.5 Å². The van der Waals surface area contributed by atoms with Gasteiger partial charge in [-0.25, -0.2) is 13.4 Å². The number of aryl methyl sites for hydroxylation is 1. The number of nitrogens with one attached hydrogen (secondary N) is 3. The highest BCUT2D eigenvalue weighted by atomic mass is 79.9. The van der Waals surface area contributed by atoms with Gasteiger partial charge in [0.15, 0.2) is 16.9 Å². The summed E-state index contributed by atoms with van der Waals surface area (Å²) >= 11 is 9.75. The number of rotatable bonds is 8. The predicted octanol–water partition coefficient (Wildman–Crippen LogP) is 4.16. The number of carbonyl (C=O) groups excluding carboxylic acids is 1. The second kappa shape index (κ2) is 10.9. The molecule has 12 heteroatoms. The number of nitrogens with zero attached hydrogens (tertiary/aromatic N) is 1. The molecule has 1 heterocycles. The van der Waals surface area contributed by atoms with Crippen LogP contribution in [0, 0.1) is 0 Å². The van der Waals surface area contributed by atoms with Gasteiger partial charge in [0.1, 0.15) is 5.75 Å². The van der Waals surface area contributed by atoms with Crippen LogP contribution in [0.5, 0.6) is 5.75 Å². The van der Waals surface area contributed by atoms with Crippen molar-refractivity contribution in [3.8, 4) is 5.75 Å². The van der Waals surface area contributed by atoms with Gasteiger partial charge in [0.05, 0.1) is 9.37 Å². The van der Waals surface area contributed by atoms with Crippen LogP contribution in [0.2, 0.25) is 0 Å². The molecule has 1 aromatic heterocycles. The van der Waals surface area contributed by atoms with E-state index in [4.69, 9.17) is 17.0 Å². The highest BCUT2D eigenvalue weighted by Crippen LogP contribution is 2.26. The van der Waals surface area contributed by atoms with Crippen LogP contribution in [0.3, 0.4) is 0 Å². The van der Waals surface area contributed by atoms with Gasteiger partial charge >= 0.3 is 0 Å². The van der Waals surface area contributed by atoms with Crippen LogP contribution in [-0.2, 0) is 21.2 Å². The van der Waals surface area contributed by atoms with Gasteiger partial charge in [-0.1, -0.05) is 13.0 Å². The standard InChI is InChI=1S/C20H19BrN4O4S3/c1-2-13-3-8-17(16(21)11-13)29-12-18(26)24-19(30)23-14-4-6-15(7-5-14)32(27,28)25-20-22-9-10-31-20/h3-11H,2,12H2,1H3,(H,22,25)(H2,23,24,26,30). The van der Waals surface area contributed by atoms with E-state index in [1.54, 1.807) is 11.4 Å². The second-order valence-electron chi connectivity index (χ2n) is 6.38. The van der Waals surface area contributed by atoms with Gasteiger partial charge in [0, 0.05) is 17.3 Å². The fourth-order valence-electron chi connectivity index (χ4n) is 2.51. The number of halogens is 1. The lowest BCUT2D eigenvalue weighted by Crippen LogP contribution is -2.37. The molecule has 0 aliphatic rings. The molecule has 8 nitrogen and oxygen atoms in total. The minimum Gasteiger partial charge on any atom is -0.483 e. The molecule has 0 radical (unpaired) electrons. The van der Waals surface area contributed by atoms with E-state index in [1.165, 1.54) is 41.8 Å². The zero-order chi connectivity index (χ0) is 23.1. The maximum Gasteiger partial charge on any atom is 0.264 e. The first kappa shape index (κ1) is 24.1. The average molecular weight is 556 g/mol. The number of benzene rings is 2. The van der Waals surface area contributed by atoms with Crippen LogP contribution in [0.15, 0.2) is 63.4 Å². The summed E-state index contributed by atoms with van der Waals surface area (Å²) < 4.78 is 33.4. The number of carbonyl (C=O) groups is 1. The zero-order valence-corrected chi connectivity index (χ0v) is 20.8. The summed E-state index contributed by atoms with van der Waals surface area (Å²) in [4.78, 5) is 16.1. The maximum absolute atomic E-state index is 12.4. The number of hydrogen-bond acceptors (Lipinski definition) is 7. The van der Waals surface area contributed by atoms with Crippen molar-refractivity contribution in [2.24, 2.45) is 0 Å². The Morgan fingerprint density at radius 3 is 2.59 bits per heavy atom. The number of sulfonamides is 1. The quantitative estimate of drug-likeness (QED) is 0.358. The third-order valence-corrected chi connectivity index (χ3v) is 7.09. The molecule has 0 aliphatic carbocycles.